The van der Waals surface area contributed by atoms with Crippen molar-refractivity contribution in [2.75, 3.05) is 0 Å². The molecular weight excluding hydrogens is 310 g/mol. The fourth-order valence-corrected chi connectivity index (χ4v) is 3.05. The van der Waals surface area contributed by atoms with E-state index >= 15 is 0 Å². The van der Waals surface area contributed by atoms with Crippen LogP contribution in [0.4, 0.5) is 0 Å². The molecule has 0 bridgehead atoms. The Kier molecular flexibility index (Phi) is 4.57. The van der Waals surface area contributed by atoms with Gasteiger partial charge in [-0.25, -0.2) is 9.78 Å². The third kappa shape index (κ3) is 3.87. The van der Waals surface area contributed by atoms with Gasteiger partial charge in [0.05, 0.1) is 10.2 Å². The van der Waals surface area contributed by atoms with Crippen molar-refractivity contribution in [1.29, 1.82) is 0 Å². The van der Waals surface area contributed by atoms with Crippen LogP contribution in [0.2, 0.25) is 0 Å². The van der Waals surface area contributed by atoms with Crippen LogP contribution in [-0.2, 0) is 16.1 Å². The lowest BCUT2D eigenvalue weighted by Crippen LogP contribution is -2.26. The zero-order chi connectivity index (χ0) is 16.2. The second kappa shape index (κ2) is 6.79. The molecule has 0 aliphatic heterocycles. The second-order valence-electron chi connectivity index (χ2n) is 5.26. The Hall–Kier alpha value is -2.40. The number of nitrogens with zero attached hydrogens (tertiary/aromatic N) is 1. The maximum atomic E-state index is 12.1. The number of para-hydroxylation sites is 1. The van der Waals surface area contributed by atoms with E-state index in [9.17, 15) is 4.79 Å². The SMILES string of the molecule is Cc1cccc(OC(C)C(=O)OCc2nc3ccccc3s2)c1. The van der Waals surface area contributed by atoms with E-state index < -0.39 is 12.1 Å². The van der Waals surface area contributed by atoms with Gasteiger partial charge in [0, 0.05) is 0 Å². The van der Waals surface area contributed by atoms with Crippen LogP contribution in [0.5, 0.6) is 5.75 Å². The normalized spacial score (nSPS) is 12.1. The van der Waals surface area contributed by atoms with Gasteiger partial charge in [0.15, 0.2) is 6.10 Å². The first-order valence-corrected chi connectivity index (χ1v) is 8.18. The number of benzene rings is 2. The van der Waals surface area contributed by atoms with Crippen molar-refractivity contribution < 1.29 is 14.3 Å². The van der Waals surface area contributed by atoms with Crippen molar-refractivity contribution in [2.24, 2.45) is 0 Å². The number of aryl methyl sites for hydroxylation is 1. The van der Waals surface area contributed by atoms with Gasteiger partial charge in [-0.1, -0.05) is 24.3 Å². The lowest BCUT2D eigenvalue weighted by molar-refractivity contribution is -0.152. The zero-order valence-electron chi connectivity index (χ0n) is 13.0. The number of carbonyl (C=O) groups excluding carboxylic acids is 1. The standard InChI is InChI=1S/C18H17NO3S/c1-12-6-5-7-14(10-12)22-13(2)18(20)21-11-17-19-15-8-3-4-9-16(15)23-17/h3-10,13H,11H2,1-2H3. The third-order valence-electron chi connectivity index (χ3n) is 3.31. The molecule has 0 radical (unpaired) electrons. The average Bonchev–Trinajstić information content (AvgIpc) is 2.95. The van der Waals surface area contributed by atoms with Gasteiger partial charge in [0.1, 0.15) is 17.4 Å². The Morgan fingerprint density at radius 1 is 1.22 bits per heavy atom. The molecule has 0 aliphatic rings. The van der Waals surface area contributed by atoms with Crippen LogP contribution < -0.4 is 4.74 Å². The molecule has 3 rings (SSSR count). The van der Waals surface area contributed by atoms with Gasteiger partial charge in [-0.2, -0.15) is 0 Å². The molecule has 1 heterocycles. The molecule has 1 aromatic heterocycles. The molecule has 0 fully saturated rings. The average molecular weight is 327 g/mol. The van der Waals surface area contributed by atoms with Gasteiger partial charge in [-0.05, 0) is 43.7 Å². The predicted octanol–water partition coefficient (Wildman–Crippen LogP) is 4.12. The van der Waals surface area contributed by atoms with E-state index in [0.29, 0.717) is 5.75 Å². The molecule has 2 aromatic carbocycles. The van der Waals surface area contributed by atoms with Crippen LogP contribution >= 0.6 is 11.3 Å². The number of aromatic nitrogens is 1. The fourth-order valence-electron chi connectivity index (χ4n) is 2.17. The van der Waals surface area contributed by atoms with Gasteiger partial charge >= 0.3 is 5.97 Å². The van der Waals surface area contributed by atoms with Crippen molar-refractivity contribution >= 4 is 27.5 Å². The summed E-state index contributed by atoms with van der Waals surface area (Å²) in [5.41, 5.74) is 2.00. The molecule has 23 heavy (non-hydrogen) atoms. The van der Waals surface area contributed by atoms with Crippen LogP contribution in [0.15, 0.2) is 48.5 Å². The van der Waals surface area contributed by atoms with Gasteiger partial charge in [0.2, 0.25) is 0 Å². The maximum absolute atomic E-state index is 12.1. The first-order valence-electron chi connectivity index (χ1n) is 7.36. The zero-order valence-corrected chi connectivity index (χ0v) is 13.8. The van der Waals surface area contributed by atoms with Crippen molar-refractivity contribution in [1.82, 2.24) is 4.98 Å². The molecule has 0 saturated carbocycles. The van der Waals surface area contributed by atoms with Crippen LogP contribution in [0.3, 0.4) is 0 Å². The van der Waals surface area contributed by atoms with E-state index in [0.717, 1.165) is 20.8 Å². The minimum Gasteiger partial charge on any atom is -0.479 e. The first-order chi connectivity index (χ1) is 11.1. The quantitative estimate of drug-likeness (QED) is 0.662. The van der Waals surface area contributed by atoms with Crippen molar-refractivity contribution in [2.45, 2.75) is 26.6 Å². The second-order valence-corrected chi connectivity index (χ2v) is 6.37. The van der Waals surface area contributed by atoms with Gasteiger partial charge in [0.25, 0.3) is 0 Å². The Morgan fingerprint density at radius 2 is 2.04 bits per heavy atom. The molecule has 0 amide bonds. The van der Waals surface area contributed by atoms with E-state index in [4.69, 9.17) is 9.47 Å². The van der Waals surface area contributed by atoms with Crippen LogP contribution in [0, 0.1) is 6.92 Å². The molecule has 3 aromatic rings. The molecule has 5 heteroatoms. The van der Waals surface area contributed by atoms with Crippen molar-refractivity contribution in [3.05, 3.63) is 59.1 Å². The molecular formula is C18H17NO3S. The number of carbonyl (C=O) groups is 1. The molecule has 0 N–H and O–H groups in total. The summed E-state index contributed by atoms with van der Waals surface area (Å²) in [5.74, 6) is 0.264. The summed E-state index contributed by atoms with van der Waals surface area (Å²) >= 11 is 1.53. The van der Waals surface area contributed by atoms with Crippen LogP contribution in [0.1, 0.15) is 17.5 Å². The summed E-state index contributed by atoms with van der Waals surface area (Å²) in [7, 11) is 0. The smallest absolute Gasteiger partial charge is 0.347 e. The number of esters is 1. The van der Waals surface area contributed by atoms with Crippen LogP contribution in [0.25, 0.3) is 10.2 Å². The summed E-state index contributed by atoms with van der Waals surface area (Å²) in [4.78, 5) is 16.5. The number of ether oxygens (including phenoxy) is 2. The van der Waals surface area contributed by atoms with Crippen molar-refractivity contribution in [3.8, 4) is 5.75 Å². The molecule has 1 atom stereocenters. The number of rotatable bonds is 5. The van der Waals surface area contributed by atoms with E-state index in [1.54, 1.807) is 6.92 Å². The monoisotopic (exact) mass is 327 g/mol. The number of fused-ring (bicyclic) bond motifs is 1. The summed E-state index contributed by atoms with van der Waals surface area (Å²) in [6.07, 6.45) is -0.661. The fraction of sp³-hybridized carbons (Fsp3) is 0.222. The minimum absolute atomic E-state index is 0.166. The van der Waals surface area contributed by atoms with Gasteiger partial charge in [-0.15, -0.1) is 11.3 Å². The molecule has 0 aliphatic carbocycles. The molecule has 4 nitrogen and oxygen atoms in total. The highest BCUT2D eigenvalue weighted by Crippen LogP contribution is 2.22. The van der Waals surface area contributed by atoms with Gasteiger partial charge in [-0.3, -0.25) is 0 Å². The lowest BCUT2D eigenvalue weighted by atomic mass is 10.2. The predicted molar refractivity (Wildman–Crippen MR) is 90.7 cm³/mol. The van der Waals surface area contributed by atoms with Crippen LogP contribution in [-0.4, -0.2) is 17.1 Å². The van der Waals surface area contributed by atoms with E-state index in [2.05, 4.69) is 4.98 Å². The van der Waals surface area contributed by atoms with Crippen molar-refractivity contribution in [3.63, 3.8) is 0 Å². The third-order valence-corrected chi connectivity index (χ3v) is 4.32. The number of hydrogen-bond donors (Lipinski definition) is 0. The Bertz CT molecular complexity index is 795. The lowest BCUT2D eigenvalue weighted by Gasteiger charge is -2.13. The maximum Gasteiger partial charge on any atom is 0.347 e. The Balaban J connectivity index is 1.58. The van der Waals surface area contributed by atoms with Gasteiger partial charge < -0.3 is 9.47 Å². The Labute approximate surface area is 138 Å². The first kappa shape index (κ1) is 15.5. The van der Waals surface area contributed by atoms with E-state index in [-0.39, 0.29) is 6.61 Å². The minimum atomic E-state index is -0.661. The summed E-state index contributed by atoms with van der Waals surface area (Å²) < 4.78 is 12.0. The van der Waals surface area contributed by atoms with E-state index in [1.165, 1.54) is 11.3 Å². The molecule has 1 unspecified atom stereocenters. The summed E-state index contributed by atoms with van der Waals surface area (Å²) in [5, 5.41) is 0.780. The molecule has 0 spiro atoms. The topological polar surface area (TPSA) is 48.4 Å². The highest BCUT2D eigenvalue weighted by atomic mass is 32.1. The largest absolute Gasteiger partial charge is 0.479 e. The number of hydrogen-bond acceptors (Lipinski definition) is 5. The highest BCUT2D eigenvalue weighted by Gasteiger charge is 2.17. The van der Waals surface area contributed by atoms with E-state index in [1.807, 2.05) is 55.5 Å². The summed E-state index contributed by atoms with van der Waals surface area (Å²) in [6, 6.07) is 15.4. The highest BCUT2D eigenvalue weighted by molar-refractivity contribution is 7.18. The molecule has 118 valence electrons. The number of thiazole rings is 1. The summed E-state index contributed by atoms with van der Waals surface area (Å²) in [6.45, 7) is 3.83. The molecule has 0 saturated heterocycles. The Morgan fingerprint density at radius 3 is 2.83 bits per heavy atom.